The summed E-state index contributed by atoms with van der Waals surface area (Å²) in [5.74, 6) is 0.837. The quantitative estimate of drug-likeness (QED) is 0.661. The van der Waals surface area contributed by atoms with Gasteiger partial charge in [-0.05, 0) is 13.3 Å². The van der Waals surface area contributed by atoms with Crippen molar-refractivity contribution in [2.75, 3.05) is 6.61 Å². The maximum Gasteiger partial charge on any atom is 0.258 e. The van der Waals surface area contributed by atoms with Gasteiger partial charge in [-0.1, -0.05) is 0 Å². The fourth-order valence-corrected chi connectivity index (χ4v) is 3.92. The van der Waals surface area contributed by atoms with E-state index in [4.69, 9.17) is 10.5 Å². The second-order valence-electron chi connectivity index (χ2n) is 4.85. The summed E-state index contributed by atoms with van der Waals surface area (Å²) in [6, 6.07) is -0.512. The van der Waals surface area contributed by atoms with E-state index in [1.807, 2.05) is 0 Å². The van der Waals surface area contributed by atoms with Crippen molar-refractivity contribution >= 4 is 10.0 Å². The van der Waals surface area contributed by atoms with Crippen molar-refractivity contribution < 1.29 is 13.2 Å². The van der Waals surface area contributed by atoms with Gasteiger partial charge in [0.2, 0.25) is 0 Å². The topological polar surface area (TPSA) is 110 Å². The second kappa shape index (κ2) is 4.02. The number of sulfonamides is 1. The number of aryl methyl sites for hydroxylation is 1. The summed E-state index contributed by atoms with van der Waals surface area (Å²) in [4.78, 5) is 6.58. The number of nitrogens with zero attached hydrogens (tertiary/aromatic N) is 1. The van der Waals surface area contributed by atoms with Crippen LogP contribution in [0.4, 0.5) is 0 Å². The normalized spacial score (nSPS) is 35.2. The standard InChI is InChI=1S/C10H16N4O3S/c1-5-12-4-7(13-5)18(15,16)14-9-8(11)6-2-3-17-10(6)9/h4,6,8-10,14H,2-3,11H2,1H3,(H,12,13). The van der Waals surface area contributed by atoms with Gasteiger partial charge in [-0.15, -0.1) is 0 Å². The molecule has 7 nitrogen and oxygen atoms in total. The predicted octanol–water partition coefficient (Wildman–Crippen LogP) is -0.889. The first-order valence-corrected chi connectivity index (χ1v) is 7.38. The van der Waals surface area contributed by atoms with Gasteiger partial charge in [-0.25, -0.2) is 18.1 Å². The largest absolute Gasteiger partial charge is 0.376 e. The highest BCUT2D eigenvalue weighted by Crippen LogP contribution is 2.38. The maximum atomic E-state index is 12.1. The fourth-order valence-electron chi connectivity index (χ4n) is 2.67. The Morgan fingerprint density at radius 3 is 3.06 bits per heavy atom. The zero-order valence-corrected chi connectivity index (χ0v) is 10.8. The first kappa shape index (κ1) is 12.1. The van der Waals surface area contributed by atoms with E-state index in [9.17, 15) is 8.42 Å². The van der Waals surface area contributed by atoms with Gasteiger partial charge in [0.25, 0.3) is 10.0 Å². The molecule has 1 aromatic rings. The number of fused-ring (bicyclic) bond motifs is 1. The number of nitrogens with two attached hydrogens (primary N) is 1. The van der Waals surface area contributed by atoms with Crippen molar-refractivity contribution in [2.45, 2.75) is 36.6 Å². The molecule has 0 aromatic carbocycles. The Hall–Kier alpha value is -0.960. The number of H-pyrrole nitrogens is 1. The number of ether oxygens (including phenoxy) is 1. The van der Waals surface area contributed by atoms with Crippen LogP contribution >= 0.6 is 0 Å². The van der Waals surface area contributed by atoms with Gasteiger partial charge in [0.1, 0.15) is 5.82 Å². The Morgan fingerprint density at radius 2 is 2.39 bits per heavy atom. The van der Waals surface area contributed by atoms with Crippen LogP contribution in [0.2, 0.25) is 0 Å². The van der Waals surface area contributed by atoms with Gasteiger partial charge in [0, 0.05) is 18.6 Å². The molecule has 2 fully saturated rings. The van der Waals surface area contributed by atoms with Crippen molar-refractivity contribution in [3.63, 3.8) is 0 Å². The summed E-state index contributed by atoms with van der Waals surface area (Å²) in [6.07, 6.45) is 2.13. The fraction of sp³-hybridized carbons (Fsp3) is 0.700. The Bertz CT molecular complexity index is 555. The summed E-state index contributed by atoms with van der Waals surface area (Å²) >= 11 is 0. The predicted molar refractivity (Wildman–Crippen MR) is 63.3 cm³/mol. The number of rotatable bonds is 3. The summed E-state index contributed by atoms with van der Waals surface area (Å²) in [7, 11) is -3.60. The smallest absolute Gasteiger partial charge is 0.258 e. The Kier molecular flexibility index (Phi) is 2.70. The minimum atomic E-state index is -3.60. The average molecular weight is 272 g/mol. The van der Waals surface area contributed by atoms with E-state index in [1.165, 1.54) is 6.20 Å². The molecule has 1 aliphatic carbocycles. The Labute approximate surface area is 105 Å². The van der Waals surface area contributed by atoms with Crippen LogP contribution in [0.3, 0.4) is 0 Å². The second-order valence-corrected chi connectivity index (χ2v) is 6.53. The first-order chi connectivity index (χ1) is 8.49. The molecular weight excluding hydrogens is 256 g/mol. The van der Waals surface area contributed by atoms with Crippen LogP contribution in [0, 0.1) is 12.8 Å². The first-order valence-electron chi connectivity index (χ1n) is 5.90. The molecule has 100 valence electrons. The van der Waals surface area contributed by atoms with Gasteiger partial charge < -0.3 is 15.5 Å². The molecule has 18 heavy (non-hydrogen) atoms. The molecular formula is C10H16N4O3S. The van der Waals surface area contributed by atoms with Crippen molar-refractivity contribution in [1.29, 1.82) is 0 Å². The van der Waals surface area contributed by atoms with E-state index >= 15 is 0 Å². The SMILES string of the molecule is Cc1ncc(S(=O)(=O)NC2C(N)C3CCOC32)[nH]1. The lowest BCUT2D eigenvalue weighted by Crippen LogP contribution is -2.68. The van der Waals surface area contributed by atoms with Gasteiger partial charge in [0.15, 0.2) is 5.03 Å². The highest BCUT2D eigenvalue weighted by Gasteiger charge is 2.53. The van der Waals surface area contributed by atoms with E-state index in [2.05, 4.69) is 14.7 Å². The monoisotopic (exact) mass is 272 g/mol. The molecule has 4 unspecified atom stereocenters. The molecule has 8 heteroatoms. The summed E-state index contributed by atoms with van der Waals surface area (Å²) in [5, 5.41) is 0.0636. The Morgan fingerprint density at radius 1 is 1.61 bits per heavy atom. The highest BCUT2D eigenvalue weighted by atomic mass is 32.2. The van der Waals surface area contributed by atoms with E-state index in [-0.39, 0.29) is 29.1 Å². The third-order valence-electron chi connectivity index (χ3n) is 3.71. The van der Waals surface area contributed by atoms with Gasteiger partial charge in [-0.3, -0.25) is 0 Å². The number of nitrogens with one attached hydrogen (secondary N) is 2. The molecule has 1 aliphatic heterocycles. The number of hydrogen-bond acceptors (Lipinski definition) is 5. The van der Waals surface area contributed by atoms with Crippen LogP contribution in [0.1, 0.15) is 12.2 Å². The van der Waals surface area contributed by atoms with Crippen molar-refractivity contribution in [3.8, 4) is 0 Å². The van der Waals surface area contributed by atoms with Crippen LogP contribution in [0.5, 0.6) is 0 Å². The molecule has 0 spiro atoms. The zero-order chi connectivity index (χ0) is 12.9. The van der Waals surface area contributed by atoms with E-state index in [1.54, 1.807) is 6.92 Å². The number of aromatic amines is 1. The minimum absolute atomic E-state index is 0.0636. The third kappa shape index (κ3) is 1.76. The molecule has 0 amide bonds. The molecule has 1 aromatic heterocycles. The van der Waals surface area contributed by atoms with Crippen LogP contribution in [0.15, 0.2) is 11.2 Å². The molecule has 0 bridgehead atoms. The third-order valence-corrected chi connectivity index (χ3v) is 5.08. The van der Waals surface area contributed by atoms with Crippen LogP contribution in [0.25, 0.3) is 0 Å². The van der Waals surface area contributed by atoms with Crippen molar-refractivity contribution in [1.82, 2.24) is 14.7 Å². The van der Waals surface area contributed by atoms with Crippen LogP contribution in [-0.2, 0) is 14.8 Å². The number of aromatic nitrogens is 2. The van der Waals surface area contributed by atoms with Gasteiger partial charge in [-0.2, -0.15) is 0 Å². The zero-order valence-electron chi connectivity index (χ0n) is 9.96. The lowest BCUT2D eigenvalue weighted by molar-refractivity contribution is -0.00926. The minimum Gasteiger partial charge on any atom is -0.376 e. The number of hydrogen-bond donors (Lipinski definition) is 3. The molecule has 2 aliphatic rings. The van der Waals surface area contributed by atoms with Gasteiger partial charge >= 0.3 is 0 Å². The Balaban J connectivity index is 1.77. The molecule has 1 saturated carbocycles. The number of imidazole rings is 1. The molecule has 1 saturated heterocycles. The molecule has 4 atom stereocenters. The lowest BCUT2D eigenvalue weighted by Gasteiger charge is -2.45. The van der Waals surface area contributed by atoms with Crippen molar-refractivity contribution in [3.05, 3.63) is 12.0 Å². The maximum absolute atomic E-state index is 12.1. The summed E-state index contributed by atoms with van der Waals surface area (Å²) in [6.45, 7) is 2.36. The van der Waals surface area contributed by atoms with Crippen LogP contribution in [-0.4, -0.2) is 43.2 Å². The van der Waals surface area contributed by atoms with E-state index in [0.29, 0.717) is 12.4 Å². The highest BCUT2D eigenvalue weighted by molar-refractivity contribution is 7.89. The molecule has 0 radical (unpaired) electrons. The molecule has 3 rings (SSSR count). The average Bonchev–Trinajstić information content (AvgIpc) is 2.92. The molecule has 4 N–H and O–H groups in total. The lowest BCUT2D eigenvalue weighted by atomic mass is 9.73. The van der Waals surface area contributed by atoms with E-state index in [0.717, 1.165) is 6.42 Å². The van der Waals surface area contributed by atoms with Gasteiger partial charge in [0.05, 0.1) is 18.3 Å². The summed E-state index contributed by atoms with van der Waals surface area (Å²) < 4.78 is 32.3. The molecule has 2 heterocycles. The van der Waals surface area contributed by atoms with E-state index < -0.39 is 10.0 Å². The van der Waals surface area contributed by atoms with Crippen LogP contribution < -0.4 is 10.5 Å². The van der Waals surface area contributed by atoms with Crippen molar-refractivity contribution in [2.24, 2.45) is 11.7 Å². The summed E-state index contributed by atoms with van der Waals surface area (Å²) in [5.41, 5.74) is 5.97.